The molecule has 1 amide bonds. The van der Waals surface area contributed by atoms with Gasteiger partial charge in [0.1, 0.15) is 6.42 Å². The summed E-state index contributed by atoms with van der Waals surface area (Å²) in [6.45, 7) is 0.420. The maximum absolute atomic E-state index is 11.6. The summed E-state index contributed by atoms with van der Waals surface area (Å²) in [5.74, 6) is -0.375. The Morgan fingerprint density at radius 2 is 2.26 bits per heavy atom. The van der Waals surface area contributed by atoms with Gasteiger partial charge in [0.15, 0.2) is 0 Å². The maximum Gasteiger partial charge on any atom is 0.238 e. The number of carbonyl (C=O) groups is 1. The Hall–Kier alpha value is -2.07. The maximum atomic E-state index is 11.6. The van der Waals surface area contributed by atoms with Crippen LogP contribution in [0.15, 0.2) is 18.2 Å². The van der Waals surface area contributed by atoms with E-state index in [-0.39, 0.29) is 12.3 Å². The van der Waals surface area contributed by atoms with Crippen LogP contribution in [-0.4, -0.2) is 27.1 Å². The van der Waals surface area contributed by atoms with E-state index in [1.54, 1.807) is 24.3 Å². The fourth-order valence-corrected chi connectivity index (χ4v) is 3.03. The van der Waals surface area contributed by atoms with Crippen LogP contribution in [0.3, 0.4) is 0 Å². The van der Waals surface area contributed by atoms with Crippen LogP contribution >= 0.6 is 0 Å². The highest BCUT2D eigenvalue weighted by Crippen LogP contribution is 2.32. The van der Waals surface area contributed by atoms with Crippen molar-refractivity contribution in [2.75, 3.05) is 22.4 Å². The van der Waals surface area contributed by atoms with Crippen LogP contribution in [0, 0.1) is 11.3 Å². The summed E-state index contributed by atoms with van der Waals surface area (Å²) in [6, 6.07) is 6.82. The molecule has 1 aliphatic rings. The number of amides is 1. The van der Waals surface area contributed by atoms with Crippen LogP contribution < -0.4 is 9.62 Å². The summed E-state index contributed by atoms with van der Waals surface area (Å²) in [4.78, 5) is 11.3. The third-order valence-electron chi connectivity index (χ3n) is 2.86. The lowest BCUT2D eigenvalue weighted by Gasteiger charge is -2.16. The van der Waals surface area contributed by atoms with Crippen molar-refractivity contribution in [3.8, 4) is 6.07 Å². The minimum absolute atomic E-state index is 0.202. The van der Waals surface area contributed by atoms with Gasteiger partial charge >= 0.3 is 0 Å². The number of carbonyl (C=O) groups excluding carboxylic acids is 1. The Balaban J connectivity index is 2.23. The van der Waals surface area contributed by atoms with Gasteiger partial charge in [0.2, 0.25) is 15.9 Å². The lowest BCUT2D eigenvalue weighted by Crippen LogP contribution is -2.27. The SMILES string of the molecule is CS(=O)(=O)N1CCc2cc(NC(=O)CC#N)ccc21. The van der Waals surface area contributed by atoms with Crippen molar-refractivity contribution >= 4 is 27.3 Å². The van der Waals surface area contributed by atoms with E-state index in [2.05, 4.69) is 5.32 Å². The van der Waals surface area contributed by atoms with Gasteiger partial charge in [0.05, 0.1) is 18.0 Å². The molecule has 19 heavy (non-hydrogen) atoms. The number of rotatable bonds is 3. The first-order valence-electron chi connectivity index (χ1n) is 5.69. The molecule has 1 aliphatic heterocycles. The van der Waals surface area contributed by atoms with Crippen molar-refractivity contribution in [2.24, 2.45) is 0 Å². The molecular formula is C12H13N3O3S. The standard InChI is InChI=1S/C12H13N3O3S/c1-19(17,18)15-7-5-9-8-10(2-3-11(9)15)14-12(16)4-6-13/h2-3,8H,4-5,7H2,1H3,(H,14,16). The van der Waals surface area contributed by atoms with Crippen LogP contribution in [0.5, 0.6) is 0 Å². The van der Waals surface area contributed by atoms with Crippen LogP contribution in [0.1, 0.15) is 12.0 Å². The number of hydrogen-bond acceptors (Lipinski definition) is 4. The average Bonchev–Trinajstić information content (AvgIpc) is 2.71. The first-order valence-corrected chi connectivity index (χ1v) is 7.54. The topological polar surface area (TPSA) is 90.3 Å². The van der Waals surface area contributed by atoms with E-state index >= 15 is 0 Å². The highest BCUT2D eigenvalue weighted by atomic mass is 32.2. The van der Waals surface area contributed by atoms with E-state index < -0.39 is 10.0 Å². The van der Waals surface area contributed by atoms with Gasteiger partial charge in [0.25, 0.3) is 0 Å². The number of sulfonamides is 1. The van der Waals surface area contributed by atoms with E-state index in [1.165, 1.54) is 10.6 Å². The van der Waals surface area contributed by atoms with Crippen LogP contribution in [0.25, 0.3) is 0 Å². The Bertz CT molecular complexity index is 661. The molecule has 100 valence electrons. The number of nitrogens with zero attached hydrogens (tertiary/aromatic N) is 2. The second kappa shape index (κ2) is 4.90. The highest BCUT2D eigenvalue weighted by molar-refractivity contribution is 7.92. The minimum atomic E-state index is -3.26. The summed E-state index contributed by atoms with van der Waals surface area (Å²) >= 11 is 0. The van der Waals surface area contributed by atoms with E-state index in [0.717, 1.165) is 5.56 Å². The van der Waals surface area contributed by atoms with Crippen molar-refractivity contribution in [3.63, 3.8) is 0 Å². The molecule has 7 heteroatoms. The fraction of sp³-hybridized carbons (Fsp3) is 0.333. The lowest BCUT2D eigenvalue weighted by molar-refractivity contribution is -0.115. The lowest BCUT2D eigenvalue weighted by atomic mass is 10.1. The van der Waals surface area contributed by atoms with Gasteiger partial charge in [-0.15, -0.1) is 0 Å². The smallest absolute Gasteiger partial charge is 0.238 e. The first kappa shape index (κ1) is 13.4. The fourth-order valence-electron chi connectivity index (χ4n) is 2.07. The molecule has 0 unspecified atom stereocenters. The highest BCUT2D eigenvalue weighted by Gasteiger charge is 2.26. The van der Waals surface area contributed by atoms with Crippen molar-refractivity contribution < 1.29 is 13.2 Å². The van der Waals surface area contributed by atoms with Crippen molar-refractivity contribution in [3.05, 3.63) is 23.8 Å². The molecule has 0 saturated carbocycles. The number of anilines is 2. The molecule has 0 radical (unpaired) electrons. The van der Waals surface area contributed by atoms with Gasteiger partial charge in [-0.1, -0.05) is 0 Å². The zero-order chi connectivity index (χ0) is 14.0. The van der Waals surface area contributed by atoms with Gasteiger partial charge in [-0.2, -0.15) is 5.26 Å². The molecule has 0 fully saturated rings. The van der Waals surface area contributed by atoms with Gasteiger partial charge in [-0.3, -0.25) is 9.10 Å². The summed E-state index contributed by atoms with van der Waals surface area (Å²) in [6.07, 6.45) is 1.58. The largest absolute Gasteiger partial charge is 0.325 e. The summed E-state index contributed by atoms with van der Waals surface area (Å²) in [5, 5.41) is 11.0. The molecule has 0 saturated heterocycles. The summed E-state index contributed by atoms with van der Waals surface area (Å²) in [5.41, 5.74) is 2.11. The second-order valence-electron chi connectivity index (χ2n) is 4.31. The molecule has 1 heterocycles. The second-order valence-corrected chi connectivity index (χ2v) is 6.22. The molecule has 0 atom stereocenters. The Morgan fingerprint density at radius 1 is 1.53 bits per heavy atom. The third-order valence-corrected chi connectivity index (χ3v) is 4.04. The monoisotopic (exact) mass is 279 g/mol. The van der Waals surface area contributed by atoms with Gasteiger partial charge in [-0.25, -0.2) is 8.42 Å². The molecule has 1 aromatic carbocycles. The first-order chi connectivity index (χ1) is 8.91. The number of benzene rings is 1. The predicted molar refractivity (Wildman–Crippen MR) is 71.2 cm³/mol. The molecule has 1 N–H and O–H groups in total. The van der Waals surface area contributed by atoms with Crippen molar-refractivity contribution in [2.45, 2.75) is 12.8 Å². The van der Waals surface area contributed by atoms with Gasteiger partial charge in [-0.05, 0) is 30.2 Å². The number of fused-ring (bicyclic) bond motifs is 1. The number of nitriles is 1. The van der Waals surface area contributed by atoms with E-state index in [1.807, 2.05) is 0 Å². The minimum Gasteiger partial charge on any atom is -0.325 e. The van der Waals surface area contributed by atoms with Crippen LogP contribution in [0.2, 0.25) is 0 Å². The number of hydrogen-bond donors (Lipinski definition) is 1. The van der Waals surface area contributed by atoms with Gasteiger partial charge in [0, 0.05) is 12.2 Å². The quantitative estimate of drug-likeness (QED) is 0.888. The average molecular weight is 279 g/mol. The molecular weight excluding hydrogens is 266 g/mol. The van der Waals surface area contributed by atoms with E-state index in [0.29, 0.717) is 24.3 Å². The summed E-state index contributed by atoms with van der Waals surface area (Å²) in [7, 11) is -3.26. The van der Waals surface area contributed by atoms with Crippen molar-refractivity contribution in [1.29, 1.82) is 5.26 Å². The molecule has 2 rings (SSSR count). The Labute approximate surface area is 111 Å². The Morgan fingerprint density at radius 3 is 2.89 bits per heavy atom. The normalized spacial score (nSPS) is 13.8. The van der Waals surface area contributed by atoms with Crippen LogP contribution in [0.4, 0.5) is 11.4 Å². The zero-order valence-corrected chi connectivity index (χ0v) is 11.2. The molecule has 1 aromatic rings. The molecule has 0 aromatic heterocycles. The molecule has 0 spiro atoms. The molecule has 6 nitrogen and oxygen atoms in total. The van der Waals surface area contributed by atoms with E-state index in [9.17, 15) is 13.2 Å². The molecule has 0 bridgehead atoms. The zero-order valence-electron chi connectivity index (χ0n) is 10.4. The van der Waals surface area contributed by atoms with Crippen LogP contribution in [-0.2, 0) is 21.2 Å². The van der Waals surface area contributed by atoms with E-state index in [4.69, 9.17) is 5.26 Å². The predicted octanol–water partition coefficient (Wildman–Crippen LogP) is 0.861. The van der Waals surface area contributed by atoms with Gasteiger partial charge < -0.3 is 5.32 Å². The Kier molecular flexibility index (Phi) is 3.44. The molecule has 0 aliphatic carbocycles. The number of nitrogens with one attached hydrogen (secondary N) is 1. The third kappa shape index (κ3) is 2.85. The van der Waals surface area contributed by atoms with Crippen molar-refractivity contribution in [1.82, 2.24) is 0 Å². The summed E-state index contributed by atoms with van der Waals surface area (Å²) < 4.78 is 24.5.